The SMILES string of the molecule is Cc1c(-c2cnn(C(F)F)c2)cccc1-n1c(CC(CN)=C(F)F)n[nH]c1=O.O=C(O)C(F)(F)F. The lowest BCUT2D eigenvalue weighted by Crippen LogP contribution is -2.21. The number of hydrogen-bond donors (Lipinski definition) is 3. The molecule has 9 nitrogen and oxygen atoms in total. The van der Waals surface area contributed by atoms with Crippen LogP contribution >= 0.6 is 0 Å². The Bertz CT molecular complexity index is 1270. The van der Waals surface area contributed by atoms with Gasteiger partial charge in [0.05, 0.1) is 11.9 Å². The number of H-pyrrole nitrogens is 1. The van der Waals surface area contributed by atoms with Gasteiger partial charge in [0, 0.05) is 30.3 Å². The standard InChI is InChI=1S/C17H16F4N6O.C2HF3O2/c1-9-12(11-7-23-26(8-11)16(20)21)3-2-4-13(9)27-14(24-25-17(27)28)5-10(6-22)15(18)19;3-2(4,5)1(6)7/h2-4,7-8,16H,5-6,22H2,1H3,(H,25,28);(H,6,7). The number of aromatic nitrogens is 5. The van der Waals surface area contributed by atoms with Gasteiger partial charge in [-0.25, -0.2) is 23.9 Å². The summed E-state index contributed by atoms with van der Waals surface area (Å²) in [6, 6.07) is 4.91. The molecule has 0 aliphatic carbocycles. The maximum absolute atomic E-state index is 13.0. The van der Waals surface area contributed by atoms with Gasteiger partial charge in [-0.1, -0.05) is 12.1 Å². The van der Waals surface area contributed by atoms with Crippen LogP contribution in [0.2, 0.25) is 0 Å². The molecule has 0 saturated carbocycles. The molecule has 16 heteroatoms. The van der Waals surface area contributed by atoms with E-state index in [2.05, 4.69) is 15.3 Å². The molecule has 3 rings (SSSR count). The number of nitrogens with zero attached hydrogens (tertiary/aromatic N) is 4. The molecular weight excluding hydrogens is 493 g/mol. The molecule has 0 fully saturated rings. The summed E-state index contributed by atoms with van der Waals surface area (Å²) in [5.41, 5.74) is 6.32. The highest BCUT2D eigenvalue weighted by atomic mass is 19.4. The lowest BCUT2D eigenvalue weighted by atomic mass is 10.0. The normalized spacial score (nSPS) is 11.3. The van der Waals surface area contributed by atoms with Crippen molar-refractivity contribution in [3.63, 3.8) is 0 Å². The van der Waals surface area contributed by atoms with E-state index in [-0.39, 0.29) is 24.4 Å². The Hall–Kier alpha value is -3.95. The number of carbonyl (C=O) groups is 1. The summed E-state index contributed by atoms with van der Waals surface area (Å²) in [6.45, 7) is -1.48. The van der Waals surface area contributed by atoms with E-state index in [9.17, 15) is 35.5 Å². The molecular formula is C19H17F7N6O3. The van der Waals surface area contributed by atoms with E-state index >= 15 is 0 Å². The zero-order valence-corrected chi connectivity index (χ0v) is 17.7. The number of alkyl halides is 5. The number of nitrogens with one attached hydrogen (secondary N) is 1. The highest BCUT2D eigenvalue weighted by Crippen LogP contribution is 2.28. The fraction of sp³-hybridized carbons (Fsp3) is 0.263. The molecule has 2 heterocycles. The van der Waals surface area contributed by atoms with Crippen LogP contribution in [0.3, 0.4) is 0 Å². The molecule has 0 amide bonds. The number of halogens is 7. The molecule has 0 atom stereocenters. The Kier molecular flexibility index (Phi) is 8.57. The summed E-state index contributed by atoms with van der Waals surface area (Å²) in [4.78, 5) is 21.2. The molecule has 35 heavy (non-hydrogen) atoms. The average molecular weight is 510 g/mol. The zero-order chi connectivity index (χ0) is 26.5. The predicted octanol–water partition coefficient (Wildman–Crippen LogP) is 3.41. The molecule has 2 aromatic heterocycles. The van der Waals surface area contributed by atoms with E-state index in [0.29, 0.717) is 27.1 Å². The van der Waals surface area contributed by atoms with Gasteiger partial charge in [-0.3, -0.25) is 0 Å². The Morgan fingerprint density at radius 1 is 1.26 bits per heavy atom. The average Bonchev–Trinajstić information content (AvgIpc) is 3.39. The molecule has 3 aromatic rings. The van der Waals surface area contributed by atoms with Crippen molar-refractivity contribution < 1.29 is 40.6 Å². The van der Waals surface area contributed by atoms with Crippen LogP contribution in [0, 0.1) is 6.92 Å². The summed E-state index contributed by atoms with van der Waals surface area (Å²) in [5.74, 6) is -2.70. The molecule has 0 bridgehead atoms. The van der Waals surface area contributed by atoms with Crippen molar-refractivity contribution in [2.75, 3.05) is 6.54 Å². The summed E-state index contributed by atoms with van der Waals surface area (Å²) in [5, 5.41) is 16.8. The second kappa shape index (κ2) is 11.0. The van der Waals surface area contributed by atoms with E-state index in [4.69, 9.17) is 15.6 Å². The van der Waals surface area contributed by atoms with Crippen LogP contribution in [0.1, 0.15) is 17.9 Å². The predicted molar refractivity (Wildman–Crippen MR) is 107 cm³/mol. The molecule has 0 unspecified atom stereocenters. The third kappa shape index (κ3) is 6.56. The Labute approximate surface area is 191 Å². The largest absolute Gasteiger partial charge is 0.490 e. The third-order valence-electron chi connectivity index (χ3n) is 4.53. The minimum Gasteiger partial charge on any atom is -0.475 e. The number of nitrogens with two attached hydrogens (primary N) is 1. The second-order valence-corrected chi connectivity index (χ2v) is 6.76. The van der Waals surface area contributed by atoms with Crippen LogP contribution < -0.4 is 11.4 Å². The molecule has 0 saturated heterocycles. The topological polar surface area (TPSA) is 132 Å². The van der Waals surface area contributed by atoms with Crippen LogP contribution in [-0.2, 0) is 11.2 Å². The van der Waals surface area contributed by atoms with Crippen LogP contribution in [0.25, 0.3) is 16.8 Å². The molecule has 0 aliphatic heterocycles. The van der Waals surface area contributed by atoms with Gasteiger partial charge in [-0.2, -0.15) is 40.9 Å². The van der Waals surface area contributed by atoms with E-state index in [1.807, 2.05) is 0 Å². The molecule has 0 spiro atoms. The number of carboxylic acids is 1. The van der Waals surface area contributed by atoms with Crippen LogP contribution in [-0.4, -0.2) is 48.3 Å². The van der Waals surface area contributed by atoms with Gasteiger partial charge in [0.1, 0.15) is 5.82 Å². The van der Waals surface area contributed by atoms with Gasteiger partial charge in [0.15, 0.2) is 0 Å². The smallest absolute Gasteiger partial charge is 0.475 e. The Balaban J connectivity index is 0.000000540. The molecule has 0 aliphatic rings. The summed E-state index contributed by atoms with van der Waals surface area (Å²) in [7, 11) is 0. The highest BCUT2D eigenvalue weighted by Gasteiger charge is 2.38. The molecule has 190 valence electrons. The van der Waals surface area contributed by atoms with Gasteiger partial charge < -0.3 is 10.8 Å². The quantitative estimate of drug-likeness (QED) is 0.436. The van der Waals surface area contributed by atoms with Crippen LogP contribution in [0.4, 0.5) is 30.7 Å². The van der Waals surface area contributed by atoms with E-state index < -0.39 is 30.5 Å². The Morgan fingerprint density at radius 3 is 2.37 bits per heavy atom. The second-order valence-electron chi connectivity index (χ2n) is 6.76. The van der Waals surface area contributed by atoms with Crippen LogP contribution in [0.5, 0.6) is 0 Å². The monoisotopic (exact) mass is 510 g/mol. The minimum absolute atomic E-state index is 0.0572. The molecule has 4 N–H and O–H groups in total. The van der Waals surface area contributed by atoms with Crippen molar-refractivity contribution in [2.24, 2.45) is 5.73 Å². The van der Waals surface area contributed by atoms with E-state index in [1.54, 1.807) is 25.1 Å². The molecule has 0 radical (unpaired) electrons. The fourth-order valence-electron chi connectivity index (χ4n) is 2.87. The van der Waals surface area contributed by atoms with Gasteiger partial charge in [0.2, 0.25) is 0 Å². The first-order valence-electron chi connectivity index (χ1n) is 9.40. The number of aliphatic carboxylic acids is 1. The van der Waals surface area contributed by atoms with E-state index in [1.165, 1.54) is 12.4 Å². The van der Waals surface area contributed by atoms with Gasteiger partial charge >= 0.3 is 24.4 Å². The summed E-state index contributed by atoms with van der Waals surface area (Å²) < 4.78 is 84.9. The zero-order valence-electron chi connectivity index (χ0n) is 17.7. The van der Waals surface area contributed by atoms with Crippen LogP contribution in [0.15, 0.2) is 47.0 Å². The third-order valence-corrected chi connectivity index (χ3v) is 4.53. The van der Waals surface area contributed by atoms with Crippen molar-refractivity contribution in [2.45, 2.75) is 26.1 Å². The first kappa shape index (κ1) is 27.3. The minimum atomic E-state index is -5.08. The maximum atomic E-state index is 13.0. The summed E-state index contributed by atoms with van der Waals surface area (Å²) in [6.07, 6.45) is -4.85. The van der Waals surface area contributed by atoms with Gasteiger partial charge in [0.25, 0.3) is 6.08 Å². The van der Waals surface area contributed by atoms with Crippen molar-refractivity contribution >= 4 is 5.97 Å². The van der Waals surface area contributed by atoms with Crippen molar-refractivity contribution in [3.8, 4) is 16.8 Å². The number of benzene rings is 1. The first-order valence-corrected chi connectivity index (χ1v) is 9.40. The highest BCUT2D eigenvalue weighted by molar-refractivity contribution is 5.73. The summed E-state index contributed by atoms with van der Waals surface area (Å²) >= 11 is 0. The van der Waals surface area contributed by atoms with E-state index in [0.717, 1.165) is 4.57 Å². The fourth-order valence-corrected chi connectivity index (χ4v) is 2.87. The van der Waals surface area contributed by atoms with Gasteiger partial charge in [-0.05, 0) is 24.1 Å². The first-order chi connectivity index (χ1) is 16.3. The number of carboxylic acid groups (broad SMARTS) is 1. The lowest BCUT2D eigenvalue weighted by molar-refractivity contribution is -0.192. The van der Waals surface area contributed by atoms with Crippen molar-refractivity contribution in [1.29, 1.82) is 0 Å². The van der Waals surface area contributed by atoms with Gasteiger partial charge in [-0.15, -0.1) is 0 Å². The molecule has 1 aromatic carbocycles. The maximum Gasteiger partial charge on any atom is 0.490 e. The number of rotatable bonds is 6. The van der Waals surface area contributed by atoms with Crippen molar-refractivity contribution in [3.05, 3.63) is 64.1 Å². The lowest BCUT2D eigenvalue weighted by Gasteiger charge is -2.12. The number of hydrogen-bond acceptors (Lipinski definition) is 5. The Morgan fingerprint density at radius 2 is 1.89 bits per heavy atom. The van der Waals surface area contributed by atoms with Crippen molar-refractivity contribution in [1.82, 2.24) is 24.5 Å². The number of aromatic amines is 1.